The number of nitrogens with one attached hydrogen (secondary N) is 1. The van der Waals surface area contributed by atoms with Crippen molar-refractivity contribution in [3.05, 3.63) is 79.0 Å². The lowest BCUT2D eigenvalue weighted by Gasteiger charge is -2.09. The Morgan fingerprint density at radius 1 is 0.826 bits per heavy atom. The van der Waals surface area contributed by atoms with Gasteiger partial charge in [0, 0.05) is 16.7 Å². The Kier molecular flexibility index (Phi) is 3.74. The first-order chi connectivity index (χ1) is 11.4. The Hall–Kier alpha value is -2.72. The number of benzene rings is 3. The van der Waals surface area contributed by atoms with Gasteiger partial charge >= 0.3 is 0 Å². The Morgan fingerprint density at radius 3 is 2.52 bits per heavy atom. The van der Waals surface area contributed by atoms with E-state index in [4.69, 9.17) is 4.18 Å². The molecule has 3 nitrogen and oxygen atoms in total. The van der Waals surface area contributed by atoms with E-state index in [1.165, 1.54) is 22.8 Å². The quantitative estimate of drug-likeness (QED) is 0.518. The van der Waals surface area contributed by atoms with E-state index in [-0.39, 0.29) is 0 Å². The Labute approximate surface area is 138 Å². The van der Waals surface area contributed by atoms with Crippen molar-refractivity contribution in [2.24, 2.45) is 0 Å². The van der Waals surface area contributed by atoms with Gasteiger partial charge in [-0.05, 0) is 41.1 Å². The molecule has 4 rings (SSSR count). The lowest BCUT2D eigenvalue weighted by atomic mass is 10.1. The largest absolute Gasteiger partial charge is 0.420 e. The molecule has 0 atom stereocenters. The summed E-state index contributed by atoms with van der Waals surface area (Å²) >= 11 is 1.37. The average molecular weight is 318 g/mol. The molecule has 4 aromatic rings. The van der Waals surface area contributed by atoms with Gasteiger partial charge in [0.15, 0.2) is 0 Å². The Balaban J connectivity index is 1.59. The van der Waals surface area contributed by atoms with E-state index in [9.17, 15) is 0 Å². The Bertz CT molecular complexity index is 935. The zero-order valence-corrected chi connectivity index (χ0v) is 13.1. The minimum Gasteiger partial charge on any atom is -0.420 e. The highest BCUT2D eigenvalue weighted by Crippen LogP contribution is 2.33. The minimum atomic E-state index is 0.815. The summed E-state index contributed by atoms with van der Waals surface area (Å²) in [4.78, 5) is 1.07. The van der Waals surface area contributed by atoms with Crippen LogP contribution in [0.2, 0.25) is 0 Å². The zero-order chi connectivity index (χ0) is 15.5. The number of nitrogens with zero attached hydrogens (tertiary/aromatic N) is 1. The van der Waals surface area contributed by atoms with Gasteiger partial charge in [-0.15, -0.1) is 0 Å². The number of para-hydroxylation sites is 1. The fraction of sp³-hybridized carbons (Fsp3) is 0. The summed E-state index contributed by atoms with van der Waals surface area (Å²) in [5.41, 5.74) is 1.94. The second kappa shape index (κ2) is 6.18. The van der Waals surface area contributed by atoms with Crippen LogP contribution in [0.4, 0.5) is 0 Å². The molecule has 4 heteroatoms. The normalized spacial score (nSPS) is 10.8. The summed E-state index contributed by atoms with van der Waals surface area (Å²) < 4.78 is 5.96. The van der Waals surface area contributed by atoms with E-state index in [1.54, 1.807) is 6.20 Å². The van der Waals surface area contributed by atoms with Gasteiger partial charge in [-0.3, -0.25) is 5.10 Å². The lowest BCUT2D eigenvalue weighted by molar-refractivity contribution is 0.648. The number of fused-ring (bicyclic) bond motifs is 1. The van der Waals surface area contributed by atoms with Crippen molar-refractivity contribution in [3.63, 3.8) is 0 Å². The van der Waals surface area contributed by atoms with Gasteiger partial charge in [0.2, 0.25) is 0 Å². The maximum Gasteiger partial charge on any atom is 0.147 e. The molecule has 0 amide bonds. The average Bonchev–Trinajstić information content (AvgIpc) is 3.14. The number of rotatable bonds is 4. The molecule has 0 aliphatic rings. The fourth-order valence-corrected chi connectivity index (χ4v) is 3.11. The third kappa shape index (κ3) is 2.94. The van der Waals surface area contributed by atoms with Crippen LogP contribution in [0.5, 0.6) is 5.75 Å². The standard InChI is InChI=1S/C19H14N2OS/c1-2-6-15-13-16(10-9-14(15)5-1)23-22-19-8-4-3-7-17(19)18-11-12-20-21-18/h1-13H,(H,20,21). The first-order valence-electron chi connectivity index (χ1n) is 7.32. The highest BCUT2D eigenvalue weighted by Gasteiger charge is 2.08. The van der Waals surface area contributed by atoms with Gasteiger partial charge in [-0.25, -0.2) is 0 Å². The monoisotopic (exact) mass is 318 g/mol. The van der Waals surface area contributed by atoms with Crippen molar-refractivity contribution < 1.29 is 4.18 Å². The molecule has 0 fully saturated rings. The van der Waals surface area contributed by atoms with Gasteiger partial charge in [0.25, 0.3) is 0 Å². The molecular weight excluding hydrogens is 304 g/mol. The van der Waals surface area contributed by atoms with Crippen LogP contribution in [0, 0.1) is 0 Å². The maximum atomic E-state index is 5.96. The minimum absolute atomic E-state index is 0.815. The molecule has 0 radical (unpaired) electrons. The molecule has 0 spiro atoms. The number of aromatic nitrogens is 2. The number of hydrogen-bond acceptors (Lipinski definition) is 3. The summed E-state index contributed by atoms with van der Waals surface area (Å²) in [6, 6.07) is 24.5. The maximum absolute atomic E-state index is 5.96. The second-order valence-electron chi connectivity index (χ2n) is 5.14. The summed E-state index contributed by atoms with van der Waals surface area (Å²) in [6.07, 6.45) is 1.74. The lowest BCUT2D eigenvalue weighted by Crippen LogP contribution is -1.87. The summed E-state index contributed by atoms with van der Waals surface area (Å²) in [5.74, 6) is 0.815. The van der Waals surface area contributed by atoms with E-state index < -0.39 is 0 Å². The molecular formula is C19H14N2OS. The molecule has 1 heterocycles. The van der Waals surface area contributed by atoms with Crippen LogP contribution >= 0.6 is 12.0 Å². The highest BCUT2D eigenvalue weighted by atomic mass is 32.2. The van der Waals surface area contributed by atoms with Crippen LogP contribution < -0.4 is 4.18 Å². The van der Waals surface area contributed by atoms with Gasteiger partial charge in [0.1, 0.15) is 5.75 Å². The van der Waals surface area contributed by atoms with E-state index >= 15 is 0 Å². The molecule has 0 saturated carbocycles. The molecule has 23 heavy (non-hydrogen) atoms. The van der Waals surface area contributed by atoms with Crippen LogP contribution in [-0.4, -0.2) is 10.2 Å². The van der Waals surface area contributed by atoms with Gasteiger partial charge in [-0.2, -0.15) is 5.10 Å². The van der Waals surface area contributed by atoms with Gasteiger partial charge in [0.05, 0.1) is 17.7 Å². The van der Waals surface area contributed by atoms with Crippen LogP contribution in [0.1, 0.15) is 0 Å². The predicted molar refractivity (Wildman–Crippen MR) is 94.5 cm³/mol. The first-order valence-corrected chi connectivity index (χ1v) is 8.06. The fourth-order valence-electron chi connectivity index (χ4n) is 2.48. The first kappa shape index (κ1) is 13.9. The van der Waals surface area contributed by atoms with Crippen LogP contribution in [0.15, 0.2) is 83.9 Å². The van der Waals surface area contributed by atoms with Crippen molar-refractivity contribution in [1.82, 2.24) is 10.2 Å². The third-order valence-corrected chi connectivity index (χ3v) is 4.34. The predicted octanol–water partition coefficient (Wildman–Crippen LogP) is 5.32. The molecule has 1 aromatic heterocycles. The summed E-state index contributed by atoms with van der Waals surface area (Å²) in [5, 5.41) is 9.42. The molecule has 0 bridgehead atoms. The van der Waals surface area contributed by atoms with Crippen molar-refractivity contribution in [2.75, 3.05) is 0 Å². The number of H-pyrrole nitrogens is 1. The molecule has 3 aromatic carbocycles. The zero-order valence-electron chi connectivity index (χ0n) is 12.3. The van der Waals surface area contributed by atoms with Gasteiger partial charge in [-0.1, -0.05) is 42.5 Å². The second-order valence-corrected chi connectivity index (χ2v) is 5.95. The van der Waals surface area contributed by atoms with Crippen molar-refractivity contribution in [1.29, 1.82) is 0 Å². The molecule has 112 valence electrons. The number of aromatic amines is 1. The van der Waals surface area contributed by atoms with E-state index in [0.29, 0.717) is 0 Å². The third-order valence-electron chi connectivity index (χ3n) is 3.63. The highest BCUT2D eigenvalue weighted by molar-refractivity contribution is 7.95. The summed E-state index contributed by atoms with van der Waals surface area (Å²) in [7, 11) is 0. The van der Waals surface area contributed by atoms with Crippen LogP contribution in [0.3, 0.4) is 0 Å². The SMILES string of the molecule is c1ccc(-c2ccn[nH]2)c(OSc2ccc3ccccc3c2)c1. The Morgan fingerprint density at radius 2 is 1.65 bits per heavy atom. The van der Waals surface area contributed by atoms with E-state index in [0.717, 1.165) is 21.9 Å². The number of hydrogen-bond donors (Lipinski definition) is 1. The van der Waals surface area contributed by atoms with Crippen molar-refractivity contribution in [2.45, 2.75) is 4.90 Å². The van der Waals surface area contributed by atoms with Gasteiger partial charge < -0.3 is 4.18 Å². The molecule has 0 saturated heterocycles. The van der Waals surface area contributed by atoms with Crippen LogP contribution in [-0.2, 0) is 0 Å². The van der Waals surface area contributed by atoms with Crippen molar-refractivity contribution in [3.8, 4) is 17.0 Å². The van der Waals surface area contributed by atoms with Crippen LogP contribution in [0.25, 0.3) is 22.0 Å². The smallest absolute Gasteiger partial charge is 0.147 e. The molecule has 0 aliphatic carbocycles. The topological polar surface area (TPSA) is 37.9 Å². The van der Waals surface area contributed by atoms with E-state index in [1.807, 2.05) is 42.5 Å². The molecule has 0 unspecified atom stereocenters. The molecule has 1 N–H and O–H groups in total. The van der Waals surface area contributed by atoms with Crippen molar-refractivity contribution >= 4 is 22.8 Å². The molecule has 0 aliphatic heterocycles. The summed E-state index contributed by atoms with van der Waals surface area (Å²) in [6.45, 7) is 0. The van der Waals surface area contributed by atoms with E-state index in [2.05, 4.69) is 40.5 Å².